The zero-order valence-electron chi connectivity index (χ0n) is 9.76. The summed E-state index contributed by atoms with van der Waals surface area (Å²) in [6.07, 6.45) is 0. The maximum atomic E-state index is 12.2. The van der Waals surface area contributed by atoms with Gasteiger partial charge in [-0.1, -0.05) is 29.3 Å². The largest absolute Gasteiger partial charge is 0.263 e. The lowest BCUT2D eigenvalue weighted by Crippen LogP contribution is -2.15. The van der Waals surface area contributed by atoms with Gasteiger partial charge in [0.15, 0.2) is 11.0 Å². The topological polar surface area (TPSA) is 72.0 Å². The summed E-state index contributed by atoms with van der Waals surface area (Å²) in [5.74, 6) is 0.0868. The van der Waals surface area contributed by atoms with E-state index < -0.39 is 10.0 Å². The molecule has 0 aliphatic carbocycles. The minimum Gasteiger partial charge on any atom is -0.262 e. The van der Waals surface area contributed by atoms with E-state index in [2.05, 4.69) is 14.9 Å². The molecule has 1 N–H and O–H groups in total. The van der Waals surface area contributed by atoms with Crippen LogP contribution in [0.15, 0.2) is 35.2 Å². The van der Waals surface area contributed by atoms with Crippen LogP contribution < -0.4 is 4.72 Å². The second kappa shape index (κ2) is 5.32. The Morgan fingerprint density at radius 3 is 2.47 bits per heavy atom. The highest BCUT2D eigenvalue weighted by Crippen LogP contribution is 2.24. The Morgan fingerprint density at radius 2 is 1.84 bits per heavy atom. The van der Waals surface area contributed by atoms with Crippen molar-refractivity contribution >= 4 is 39.0 Å². The number of halogens is 2. The van der Waals surface area contributed by atoms with Crippen molar-refractivity contribution in [2.45, 2.75) is 11.8 Å². The van der Waals surface area contributed by atoms with Gasteiger partial charge in [0, 0.05) is 5.02 Å². The molecule has 0 fully saturated rings. The quantitative estimate of drug-likeness (QED) is 0.944. The summed E-state index contributed by atoms with van der Waals surface area (Å²) in [6, 6.07) is 7.52. The predicted molar refractivity (Wildman–Crippen MR) is 74.0 cm³/mol. The van der Waals surface area contributed by atoms with E-state index in [0.29, 0.717) is 10.6 Å². The van der Waals surface area contributed by atoms with Crippen LogP contribution in [0.25, 0.3) is 0 Å². The molecule has 2 rings (SSSR count). The molecule has 1 aromatic carbocycles. The van der Waals surface area contributed by atoms with Gasteiger partial charge in [-0.2, -0.15) is 0 Å². The van der Waals surface area contributed by atoms with E-state index in [4.69, 9.17) is 23.2 Å². The Labute approximate surface area is 120 Å². The highest BCUT2D eigenvalue weighted by molar-refractivity contribution is 7.92. The highest BCUT2D eigenvalue weighted by Gasteiger charge is 2.18. The maximum absolute atomic E-state index is 12.2. The van der Waals surface area contributed by atoms with Crippen LogP contribution in [-0.4, -0.2) is 18.6 Å². The molecule has 19 heavy (non-hydrogen) atoms. The van der Waals surface area contributed by atoms with Crippen molar-refractivity contribution in [3.63, 3.8) is 0 Å². The maximum Gasteiger partial charge on any atom is 0.263 e. The number of hydrogen-bond acceptors (Lipinski definition) is 4. The fraction of sp³-hybridized carbons (Fsp3) is 0.0909. The molecule has 100 valence electrons. The molecule has 0 spiro atoms. The number of hydrogen-bond donors (Lipinski definition) is 1. The van der Waals surface area contributed by atoms with E-state index in [1.165, 1.54) is 18.2 Å². The third-order valence-corrected chi connectivity index (χ3v) is 4.49. The minimum absolute atomic E-state index is 0.0868. The Bertz CT molecular complexity index is 702. The van der Waals surface area contributed by atoms with Gasteiger partial charge < -0.3 is 0 Å². The van der Waals surface area contributed by atoms with Gasteiger partial charge in [0.25, 0.3) is 10.0 Å². The summed E-state index contributed by atoms with van der Waals surface area (Å²) < 4.78 is 26.7. The third-order valence-electron chi connectivity index (χ3n) is 2.38. The SMILES string of the molecule is Cc1c(Cl)cccc1S(=O)(=O)Nc1ccc(Cl)nn1. The van der Waals surface area contributed by atoms with Crippen molar-refractivity contribution in [3.8, 4) is 0 Å². The van der Waals surface area contributed by atoms with E-state index in [1.54, 1.807) is 19.1 Å². The number of rotatable bonds is 3. The molecule has 0 aliphatic heterocycles. The van der Waals surface area contributed by atoms with Gasteiger partial charge in [-0.25, -0.2) is 8.42 Å². The van der Waals surface area contributed by atoms with Gasteiger partial charge in [0.2, 0.25) is 0 Å². The Morgan fingerprint density at radius 1 is 1.11 bits per heavy atom. The normalized spacial score (nSPS) is 11.3. The van der Waals surface area contributed by atoms with Crippen molar-refractivity contribution in [1.82, 2.24) is 10.2 Å². The second-order valence-corrected chi connectivity index (χ2v) is 6.16. The Hall–Kier alpha value is -1.37. The standard InChI is InChI=1S/C11H9Cl2N3O2S/c1-7-8(12)3-2-4-9(7)19(17,18)16-11-6-5-10(13)14-15-11/h2-6H,1H3,(H,15,16). The van der Waals surface area contributed by atoms with Crippen molar-refractivity contribution in [2.75, 3.05) is 4.72 Å². The Kier molecular flexibility index (Phi) is 3.93. The smallest absolute Gasteiger partial charge is 0.262 e. The summed E-state index contributed by atoms with van der Waals surface area (Å²) in [5, 5.41) is 7.76. The molecule has 0 radical (unpaired) electrons. The summed E-state index contributed by atoms with van der Waals surface area (Å²) in [7, 11) is -3.76. The average molecular weight is 318 g/mol. The Balaban J connectivity index is 2.38. The first-order valence-corrected chi connectivity index (χ1v) is 7.41. The van der Waals surface area contributed by atoms with Crippen LogP contribution in [0.2, 0.25) is 10.2 Å². The van der Waals surface area contributed by atoms with Crippen LogP contribution in [-0.2, 0) is 10.0 Å². The zero-order chi connectivity index (χ0) is 14.0. The molecule has 2 aromatic rings. The molecule has 1 aromatic heterocycles. The lowest BCUT2D eigenvalue weighted by Gasteiger charge is -2.10. The van der Waals surface area contributed by atoms with Crippen LogP contribution in [0.4, 0.5) is 5.82 Å². The molecular formula is C11H9Cl2N3O2S. The van der Waals surface area contributed by atoms with E-state index in [9.17, 15) is 8.42 Å². The monoisotopic (exact) mass is 317 g/mol. The van der Waals surface area contributed by atoms with E-state index in [0.717, 1.165) is 0 Å². The lowest BCUT2D eigenvalue weighted by atomic mass is 10.2. The first-order chi connectivity index (χ1) is 8.90. The molecule has 0 saturated heterocycles. The summed E-state index contributed by atoms with van der Waals surface area (Å²) >= 11 is 11.5. The number of aromatic nitrogens is 2. The van der Waals surface area contributed by atoms with Gasteiger partial charge in [-0.3, -0.25) is 4.72 Å². The van der Waals surface area contributed by atoms with E-state index in [-0.39, 0.29) is 15.9 Å². The van der Waals surface area contributed by atoms with Crippen LogP contribution in [0.5, 0.6) is 0 Å². The molecule has 0 aliphatic rings. The summed E-state index contributed by atoms with van der Waals surface area (Å²) in [5.41, 5.74) is 0.471. The highest BCUT2D eigenvalue weighted by atomic mass is 35.5. The average Bonchev–Trinajstić information content (AvgIpc) is 2.35. The van der Waals surface area contributed by atoms with Gasteiger partial charge in [-0.05, 0) is 36.8 Å². The number of anilines is 1. The predicted octanol–water partition coefficient (Wildman–Crippen LogP) is 2.89. The van der Waals surface area contributed by atoms with Gasteiger partial charge in [0.1, 0.15) is 0 Å². The fourth-order valence-corrected chi connectivity index (χ4v) is 3.04. The molecule has 0 atom stereocenters. The molecule has 8 heteroatoms. The molecule has 5 nitrogen and oxygen atoms in total. The van der Waals surface area contributed by atoms with Gasteiger partial charge in [-0.15, -0.1) is 10.2 Å². The van der Waals surface area contributed by atoms with Gasteiger partial charge >= 0.3 is 0 Å². The first kappa shape index (κ1) is 14.0. The number of nitrogens with zero attached hydrogens (tertiary/aromatic N) is 2. The summed E-state index contributed by atoms with van der Waals surface area (Å²) in [4.78, 5) is 0.0942. The van der Waals surface area contributed by atoms with E-state index in [1.807, 2.05) is 0 Å². The second-order valence-electron chi connectivity index (χ2n) is 3.71. The van der Waals surface area contributed by atoms with E-state index >= 15 is 0 Å². The van der Waals surface area contributed by atoms with Crippen molar-refractivity contribution in [2.24, 2.45) is 0 Å². The first-order valence-electron chi connectivity index (χ1n) is 5.17. The molecule has 0 saturated carbocycles. The number of benzene rings is 1. The van der Waals surface area contributed by atoms with Crippen molar-refractivity contribution < 1.29 is 8.42 Å². The molecular weight excluding hydrogens is 309 g/mol. The minimum atomic E-state index is -3.76. The molecule has 1 heterocycles. The molecule has 0 unspecified atom stereocenters. The van der Waals surface area contributed by atoms with Crippen LogP contribution in [0, 0.1) is 6.92 Å². The zero-order valence-corrected chi connectivity index (χ0v) is 12.1. The summed E-state index contributed by atoms with van der Waals surface area (Å²) in [6.45, 7) is 1.63. The van der Waals surface area contributed by atoms with Crippen LogP contribution in [0.1, 0.15) is 5.56 Å². The molecule has 0 bridgehead atoms. The van der Waals surface area contributed by atoms with Crippen LogP contribution >= 0.6 is 23.2 Å². The number of nitrogens with one attached hydrogen (secondary N) is 1. The van der Waals surface area contributed by atoms with Crippen LogP contribution in [0.3, 0.4) is 0 Å². The third kappa shape index (κ3) is 3.15. The fourth-order valence-electron chi connectivity index (χ4n) is 1.44. The molecule has 0 amide bonds. The van der Waals surface area contributed by atoms with Crippen molar-refractivity contribution in [1.29, 1.82) is 0 Å². The lowest BCUT2D eigenvalue weighted by molar-refractivity contribution is 0.600. The van der Waals surface area contributed by atoms with Crippen molar-refractivity contribution in [3.05, 3.63) is 46.1 Å². The number of sulfonamides is 1. The van der Waals surface area contributed by atoms with Gasteiger partial charge in [0.05, 0.1) is 4.90 Å².